The summed E-state index contributed by atoms with van der Waals surface area (Å²) < 4.78 is 27.7. The number of nitrogens with one attached hydrogen (secondary N) is 1. The van der Waals surface area contributed by atoms with Gasteiger partial charge in [0.1, 0.15) is 0 Å². The molecule has 0 aliphatic rings. The summed E-state index contributed by atoms with van der Waals surface area (Å²) in [5.74, 6) is -1.64. The van der Waals surface area contributed by atoms with E-state index in [9.17, 15) is 8.78 Å². The number of halogens is 2. The summed E-state index contributed by atoms with van der Waals surface area (Å²) in [6.07, 6.45) is 4.46. The Labute approximate surface area is 104 Å². The molecule has 0 atom stereocenters. The predicted molar refractivity (Wildman–Crippen MR) is 65.3 cm³/mol. The van der Waals surface area contributed by atoms with Crippen LogP contribution in [0, 0.1) is 11.6 Å². The summed E-state index contributed by atoms with van der Waals surface area (Å²) in [7, 11) is 1.89. The van der Waals surface area contributed by atoms with Crippen LogP contribution in [0.15, 0.2) is 30.7 Å². The number of rotatable bonds is 5. The summed E-state index contributed by atoms with van der Waals surface area (Å²) in [6.45, 7) is 1.35. The Morgan fingerprint density at radius 1 is 1.28 bits per heavy atom. The van der Waals surface area contributed by atoms with Crippen molar-refractivity contribution in [3.8, 4) is 0 Å². The van der Waals surface area contributed by atoms with Gasteiger partial charge in [0.05, 0.1) is 12.0 Å². The van der Waals surface area contributed by atoms with Crippen molar-refractivity contribution in [2.24, 2.45) is 0 Å². The highest BCUT2D eigenvalue weighted by Gasteiger charge is 2.04. The molecule has 0 bridgehead atoms. The Kier molecular flexibility index (Phi) is 4.04. The molecule has 1 aromatic heterocycles. The third-order valence-electron chi connectivity index (χ3n) is 2.67. The van der Waals surface area contributed by atoms with E-state index in [1.165, 1.54) is 6.07 Å². The Hall–Kier alpha value is -1.75. The van der Waals surface area contributed by atoms with Crippen molar-refractivity contribution in [3.63, 3.8) is 0 Å². The van der Waals surface area contributed by atoms with Crippen LogP contribution < -0.4 is 5.32 Å². The van der Waals surface area contributed by atoms with Gasteiger partial charge in [0.15, 0.2) is 11.6 Å². The number of hydrogen-bond donors (Lipinski definition) is 1. The van der Waals surface area contributed by atoms with Gasteiger partial charge in [0.25, 0.3) is 0 Å². The maximum atomic E-state index is 13.0. The molecule has 0 saturated carbocycles. The zero-order valence-corrected chi connectivity index (χ0v) is 10.2. The van der Waals surface area contributed by atoms with Gasteiger partial charge in [-0.15, -0.1) is 0 Å². The van der Waals surface area contributed by atoms with E-state index in [-0.39, 0.29) is 0 Å². The monoisotopic (exact) mass is 251 g/mol. The van der Waals surface area contributed by atoms with Crippen LogP contribution in [-0.2, 0) is 13.0 Å². The third-order valence-corrected chi connectivity index (χ3v) is 2.67. The van der Waals surface area contributed by atoms with Gasteiger partial charge >= 0.3 is 0 Å². The number of aromatic nitrogens is 2. The maximum Gasteiger partial charge on any atom is 0.159 e. The fourth-order valence-electron chi connectivity index (χ4n) is 1.72. The van der Waals surface area contributed by atoms with Gasteiger partial charge in [0, 0.05) is 25.7 Å². The van der Waals surface area contributed by atoms with Gasteiger partial charge in [0.2, 0.25) is 0 Å². The highest BCUT2D eigenvalue weighted by molar-refractivity contribution is 5.18. The first kappa shape index (κ1) is 12.7. The van der Waals surface area contributed by atoms with Gasteiger partial charge in [-0.3, -0.25) is 0 Å². The zero-order chi connectivity index (χ0) is 13.0. The van der Waals surface area contributed by atoms with Crippen LogP contribution in [0.2, 0.25) is 0 Å². The van der Waals surface area contributed by atoms with E-state index in [0.717, 1.165) is 24.7 Å². The minimum Gasteiger partial charge on any atom is -0.333 e. The van der Waals surface area contributed by atoms with Crippen LogP contribution in [0.25, 0.3) is 0 Å². The van der Waals surface area contributed by atoms with Crippen molar-refractivity contribution < 1.29 is 8.78 Å². The molecule has 0 aliphatic heterocycles. The lowest BCUT2D eigenvalue weighted by atomic mass is 10.2. The topological polar surface area (TPSA) is 29.9 Å². The fourth-order valence-corrected chi connectivity index (χ4v) is 1.72. The van der Waals surface area contributed by atoms with Crippen LogP contribution in [0.4, 0.5) is 8.78 Å². The quantitative estimate of drug-likeness (QED) is 0.880. The first-order valence-electron chi connectivity index (χ1n) is 5.78. The second-order valence-corrected chi connectivity index (χ2v) is 4.14. The fraction of sp³-hybridized carbons (Fsp3) is 0.308. The Bertz CT molecular complexity index is 523. The smallest absolute Gasteiger partial charge is 0.159 e. The van der Waals surface area contributed by atoms with Crippen molar-refractivity contribution in [2.45, 2.75) is 13.0 Å². The van der Waals surface area contributed by atoms with Gasteiger partial charge in [-0.25, -0.2) is 13.8 Å². The van der Waals surface area contributed by atoms with Gasteiger partial charge in [-0.1, -0.05) is 6.07 Å². The normalized spacial score (nSPS) is 10.8. The SMILES string of the molecule is CNCCc1cn(Cc2ccc(F)c(F)c2)cn1. The molecule has 2 rings (SSSR count). The molecule has 0 unspecified atom stereocenters. The molecule has 3 nitrogen and oxygen atoms in total. The average Bonchev–Trinajstić information content (AvgIpc) is 2.79. The molecule has 0 radical (unpaired) electrons. The van der Waals surface area contributed by atoms with Crippen LogP contribution in [0.3, 0.4) is 0 Å². The minimum atomic E-state index is -0.820. The van der Waals surface area contributed by atoms with E-state index in [1.54, 1.807) is 12.4 Å². The summed E-state index contributed by atoms with van der Waals surface area (Å²) >= 11 is 0. The van der Waals surface area contributed by atoms with Crippen LogP contribution in [0.5, 0.6) is 0 Å². The van der Waals surface area contributed by atoms with Gasteiger partial charge in [-0.2, -0.15) is 0 Å². The number of benzene rings is 1. The molecule has 96 valence electrons. The molecule has 1 aromatic carbocycles. The second-order valence-electron chi connectivity index (χ2n) is 4.14. The lowest BCUT2D eigenvalue weighted by Crippen LogP contribution is -2.10. The maximum absolute atomic E-state index is 13.0. The molecule has 0 aliphatic carbocycles. The van der Waals surface area contributed by atoms with E-state index >= 15 is 0 Å². The molecule has 0 saturated heterocycles. The molecular weight excluding hydrogens is 236 g/mol. The van der Waals surface area contributed by atoms with Crippen LogP contribution in [0.1, 0.15) is 11.3 Å². The van der Waals surface area contributed by atoms with Crippen molar-refractivity contribution in [1.82, 2.24) is 14.9 Å². The molecule has 18 heavy (non-hydrogen) atoms. The molecule has 0 fully saturated rings. The summed E-state index contributed by atoms with van der Waals surface area (Å²) in [4.78, 5) is 4.24. The molecule has 0 spiro atoms. The Morgan fingerprint density at radius 3 is 2.83 bits per heavy atom. The molecular formula is C13H15F2N3. The number of hydrogen-bond acceptors (Lipinski definition) is 2. The highest BCUT2D eigenvalue weighted by Crippen LogP contribution is 2.10. The van der Waals surface area contributed by atoms with E-state index in [2.05, 4.69) is 10.3 Å². The first-order valence-corrected chi connectivity index (χ1v) is 5.78. The minimum absolute atomic E-state index is 0.490. The summed E-state index contributed by atoms with van der Waals surface area (Å²) in [5.41, 5.74) is 1.69. The van der Waals surface area contributed by atoms with E-state index in [4.69, 9.17) is 0 Å². The number of imidazole rings is 1. The first-order chi connectivity index (χ1) is 8.69. The van der Waals surface area contributed by atoms with Gasteiger partial charge < -0.3 is 9.88 Å². The number of likely N-dealkylation sites (N-methyl/N-ethyl adjacent to an activating group) is 1. The van der Waals surface area contributed by atoms with Gasteiger partial charge in [-0.05, 0) is 24.7 Å². The van der Waals surface area contributed by atoms with Crippen LogP contribution >= 0.6 is 0 Å². The standard InChI is InChI=1S/C13H15F2N3/c1-16-5-4-11-8-18(9-17-11)7-10-2-3-12(14)13(15)6-10/h2-3,6,8-9,16H,4-5,7H2,1H3. The molecule has 1 N–H and O–H groups in total. The molecule has 1 heterocycles. The third kappa shape index (κ3) is 3.13. The predicted octanol–water partition coefficient (Wildman–Crippen LogP) is 1.97. The van der Waals surface area contributed by atoms with Crippen LogP contribution in [-0.4, -0.2) is 23.1 Å². The Morgan fingerprint density at radius 2 is 2.11 bits per heavy atom. The lowest BCUT2D eigenvalue weighted by molar-refractivity contribution is 0.506. The highest BCUT2D eigenvalue weighted by atomic mass is 19.2. The molecule has 5 heteroatoms. The van der Waals surface area contributed by atoms with Crippen molar-refractivity contribution in [1.29, 1.82) is 0 Å². The molecule has 0 amide bonds. The number of nitrogens with zero attached hydrogens (tertiary/aromatic N) is 2. The summed E-state index contributed by atoms with van der Waals surface area (Å²) in [6, 6.07) is 3.93. The van der Waals surface area contributed by atoms with Crippen molar-refractivity contribution in [3.05, 3.63) is 53.6 Å². The largest absolute Gasteiger partial charge is 0.333 e. The van der Waals surface area contributed by atoms with Crippen molar-refractivity contribution >= 4 is 0 Å². The Balaban J connectivity index is 2.04. The second kappa shape index (κ2) is 5.73. The zero-order valence-electron chi connectivity index (χ0n) is 10.2. The van der Waals surface area contributed by atoms with E-state index in [0.29, 0.717) is 12.1 Å². The van der Waals surface area contributed by atoms with Crippen molar-refractivity contribution in [2.75, 3.05) is 13.6 Å². The average molecular weight is 251 g/mol. The van der Waals surface area contributed by atoms with E-state index in [1.807, 2.05) is 17.8 Å². The summed E-state index contributed by atoms with van der Waals surface area (Å²) in [5, 5.41) is 3.05. The van der Waals surface area contributed by atoms with E-state index < -0.39 is 11.6 Å². The lowest BCUT2D eigenvalue weighted by Gasteiger charge is -2.03. The molecule has 2 aromatic rings.